The highest BCUT2D eigenvalue weighted by atomic mass is 16.5. The van der Waals surface area contributed by atoms with Crippen LogP contribution in [0, 0.1) is 5.92 Å². The minimum absolute atomic E-state index is 0.415. The van der Waals surface area contributed by atoms with Gasteiger partial charge in [-0.25, -0.2) is 15.0 Å². The Bertz CT molecular complexity index is 1180. The monoisotopic (exact) mass is 413 g/mol. The van der Waals surface area contributed by atoms with Gasteiger partial charge in [-0.1, -0.05) is 49.4 Å². The third kappa shape index (κ3) is 4.10. The largest absolute Gasteiger partial charge is 0.489 e. The summed E-state index contributed by atoms with van der Waals surface area (Å²) < 4.78 is 8.17. The Morgan fingerprint density at radius 2 is 1.81 bits per heavy atom. The highest BCUT2D eigenvalue weighted by Gasteiger charge is 2.23. The predicted octanol–water partition coefficient (Wildman–Crippen LogP) is 5.41. The van der Waals surface area contributed by atoms with Crippen LogP contribution in [0.2, 0.25) is 0 Å². The van der Waals surface area contributed by atoms with Gasteiger partial charge < -0.3 is 15.0 Å². The van der Waals surface area contributed by atoms with Crippen molar-refractivity contribution in [2.75, 3.05) is 5.73 Å². The van der Waals surface area contributed by atoms with E-state index >= 15 is 0 Å². The van der Waals surface area contributed by atoms with Crippen LogP contribution in [0.4, 0.5) is 5.82 Å². The van der Waals surface area contributed by atoms with Gasteiger partial charge in [0.15, 0.2) is 17.3 Å². The van der Waals surface area contributed by atoms with Crippen LogP contribution in [-0.2, 0) is 6.61 Å². The SMILES string of the molecule is CC1CCC(n2cnc3c(N)nc(-c4cccc(OCc5ccccc5)c4)nc32)CC1. The summed E-state index contributed by atoms with van der Waals surface area (Å²) in [5.41, 5.74) is 9.77. The second kappa shape index (κ2) is 8.38. The van der Waals surface area contributed by atoms with Crippen molar-refractivity contribution in [1.29, 1.82) is 0 Å². The van der Waals surface area contributed by atoms with E-state index in [1.165, 1.54) is 12.8 Å². The van der Waals surface area contributed by atoms with E-state index in [-0.39, 0.29) is 0 Å². The molecule has 2 aromatic carbocycles. The van der Waals surface area contributed by atoms with Crippen LogP contribution in [0.5, 0.6) is 5.75 Å². The second-order valence-corrected chi connectivity index (χ2v) is 8.47. The van der Waals surface area contributed by atoms with Crippen molar-refractivity contribution in [3.05, 3.63) is 66.5 Å². The molecular formula is C25H27N5O. The fourth-order valence-electron chi connectivity index (χ4n) is 4.32. The third-order valence-electron chi connectivity index (χ3n) is 6.17. The fourth-order valence-corrected chi connectivity index (χ4v) is 4.32. The second-order valence-electron chi connectivity index (χ2n) is 8.47. The van der Waals surface area contributed by atoms with Gasteiger partial charge >= 0.3 is 0 Å². The van der Waals surface area contributed by atoms with Gasteiger partial charge in [-0.3, -0.25) is 0 Å². The average Bonchev–Trinajstić information content (AvgIpc) is 3.24. The number of aromatic nitrogens is 4. The van der Waals surface area contributed by atoms with Crippen LogP contribution >= 0.6 is 0 Å². The van der Waals surface area contributed by atoms with Gasteiger partial charge in [0, 0.05) is 11.6 Å². The Morgan fingerprint density at radius 1 is 1.00 bits per heavy atom. The van der Waals surface area contributed by atoms with Crippen molar-refractivity contribution >= 4 is 17.0 Å². The smallest absolute Gasteiger partial charge is 0.166 e. The third-order valence-corrected chi connectivity index (χ3v) is 6.17. The zero-order chi connectivity index (χ0) is 21.2. The van der Waals surface area contributed by atoms with Crippen molar-refractivity contribution < 1.29 is 4.74 Å². The van der Waals surface area contributed by atoms with Crippen LogP contribution in [0.1, 0.15) is 44.2 Å². The molecule has 1 aliphatic rings. The molecule has 1 fully saturated rings. The molecule has 0 aliphatic heterocycles. The number of anilines is 1. The highest BCUT2D eigenvalue weighted by Crippen LogP contribution is 2.34. The lowest BCUT2D eigenvalue weighted by atomic mass is 9.87. The fraction of sp³-hybridized carbons (Fsp3) is 0.320. The zero-order valence-electron chi connectivity index (χ0n) is 17.7. The highest BCUT2D eigenvalue weighted by molar-refractivity contribution is 5.84. The van der Waals surface area contributed by atoms with Gasteiger partial charge in [0.2, 0.25) is 0 Å². The van der Waals surface area contributed by atoms with E-state index in [9.17, 15) is 0 Å². The van der Waals surface area contributed by atoms with Crippen molar-refractivity contribution in [2.24, 2.45) is 5.92 Å². The Balaban J connectivity index is 1.44. The van der Waals surface area contributed by atoms with E-state index < -0.39 is 0 Å². The Kier molecular flexibility index (Phi) is 5.28. The zero-order valence-corrected chi connectivity index (χ0v) is 17.7. The number of hydrogen-bond acceptors (Lipinski definition) is 5. The summed E-state index contributed by atoms with van der Waals surface area (Å²) in [7, 11) is 0. The molecule has 4 aromatic rings. The van der Waals surface area contributed by atoms with E-state index in [2.05, 4.69) is 33.6 Å². The molecule has 0 bridgehead atoms. The van der Waals surface area contributed by atoms with Crippen molar-refractivity contribution in [3.63, 3.8) is 0 Å². The number of fused-ring (bicyclic) bond motifs is 1. The molecule has 0 radical (unpaired) electrons. The minimum atomic E-state index is 0.415. The number of nitrogens with two attached hydrogens (primary N) is 1. The van der Waals surface area contributed by atoms with E-state index in [1.54, 1.807) is 0 Å². The van der Waals surface area contributed by atoms with Gasteiger partial charge in [-0.05, 0) is 49.3 Å². The van der Waals surface area contributed by atoms with Crippen LogP contribution < -0.4 is 10.5 Å². The van der Waals surface area contributed by atoms with Gasteiger partial charge in [-0.2, -0.15) is 0 Å². The maximum atomic E-state index is 6.27. The van der Waals surface area contributed by atoms with Gasteiger partial charge in [0.05, 0.1) is 6.33 Å². The molecule has 158 valence electrons. The van der Waals surface area contributed by atoms with Crippen molar-refractivity contribution in [1.82, 2.24) is 19.5 Å². The molecule has 0 amide bonds. The molecular weight excluding hydrogens is 386 g/mol. The lowest BCUT2D eigenvalue weighted by molar-refractivity contribution is 0.293. The summed E-state index contributed by atoms with van der Waals surface area (Å²) in [5.74, 6) is 2.58. The Labute approximate surface area is 182 Å². The molecule has 2 aromatic heterocycles. The van der Waals surface area contributed by atoms with Crippen LogP contribution in [0.15, 0.2) is 60.9 Å². The van der Waals surface area contributed by atoms with Gasteiger partial charge in [0.25, 0.3) is 0 Å². The summed E-state index contributed by atoms with van der Waals surface area (Å²) in [6.07, 6.45) is 6.64. The summed E-state index contributed by atoms with van der Waals surface area (Å²) in [5, 5.41) is 0. The molecule has 2 N–H and O–H groups in total. The molecule has 31 heavy (non-hydrogen) atoms. The molecule has 1 aliphatic carbocycles. The quantitative estimate of drug-likeness (QED) is 0.473. The molecule has 5 rings (SSSR count). The number of nitrogens with zero attached hydrogens (tertiary/aromatic N) is 4. The summed E-state index contributed by atoms with van der Waals surface area (Å²) >= 11 is 0. The van der Waals surface area contributed by atoms with E-state index in [0.29, 0.717) is 29.8 Å². The van der Waals surface area contributed by atoms with Crippen molar-refractivity contribution in [3.8, 4) is 17.1 Å². The summed E-state index contributed by atoms with van der Waals surface area (Å²) in [4.78, 5) is 13.9. The maximum absolute atomic E-state index is 6.27. The first-order chi connectivity index (χ1) is 15.2. The van der Waals surface area contributed by atoms with Crippen LogP contribution in [0.25, 0.3) is 22.6 Å². The number of nitrogen functional groups attached to an aromatic ring is 1. The Morgan fingerprint density at radius 3 is 2.61 bits per heavy atom. The van der Waals surface area contributed by atoms with Crippen molar-refractivity contribution in [2.45, 2.75) is 45.3 Å². The Hall–Kier alpha value is -3.41. The molecule has 0 atom stereocenters. The molecule has 1 saturated carbocycles. The number of rotatable bonds is 5. The molecule has 6 heteroatoms. The molecule has 0 unspecified atom stereocenters. The van der Waals surface area contributed by atoms with E-state index in [4.69, 9.17) is 15.5 Å². The standard InChI is InChI=1S/C25H27N5O/c1-17-10-12-20(13-11-17)30-16-27-22-23(26)28-24(29-25(22)30)19-8-5-9-21(14-19)31-15-18-6-3-2-4-7-18/h2-9,14,16-17,20H,10-13,15H2,1H3,(H2,26,28,29). The molecule has 0 saturated heterocycles. The van der Waals surface area contributed by atoms with Crippen LogP contribution in [-0.4, -0.2) is 19.5 Å². The normalized spacial score (nSPS) is 18.9. The summed E-state index contributed by atoms with van der Waals surface area (Å²) in [6.45, 7) is 2.84. The number of ether oxygens (including phenoxy) is 1. The van der Waals surface area contributed by atoms with E-state index in [0.717, 1.165) is 41.3 Å². The lowest BCUT2D eigenvalue weighted by Gasteiger charge is -2.27. The van der Waals surface area contributed by atoms with Gasteiger partial charge in [-0.15, -0.1) is 0 Å². The number of imidazole rings is 1. The molecule has 0 spiro atoms. The topological polar surface area (TPSA) is 78.9 Å². The summed E-state index contributed by atoms with van der Waals surface area (Å²) in [6, 6.07) is 18.4. The first-order valence-electron chi connectivity index (χ1n) is 10.9. The van der Waals surface area contributed by atoms with Crippen LogP contribution in [0.3, 0.4) is 0 Å². The van der Waals surface area contributed by atoms with E-state index in [1.807, 2.05) is 48.8 Å². The maximum Gasteiger partial charge on any atom is 0.166 e. The number of hydrogen-bond donors (Lipinski definition) is 1. The predicted molar refractivity (Wildman–Crippen MR) is 123 cm³/mol. The van der Waals surface area contributed by atoms with Gasteiger partial charge in [0.1, 0.15) is 17.9 Å². The molecule has 6 nitrogen and oxygen atoms in total. The molecule has 2 heterocycles. The lowest BCUT2D eigenvalue weighted by Crippen LogP contribution is -2.16. The first-order valence-corrected chi connectivity index (χ1v) is 10.9. The first kappa shape index (κ1) is 19.5. The average molecular weight is 414 g/mol. The minimum Gasteiger partial charge on any atom is -0.489 e. The number of benzene rings is 2.